The van der Waals surface area contributed by atoms with Crippen molar-refractivity contribution in [3.8, 4) is 6.07 Å². The lowest BCUT2D eigenvalue weighted by Crippen LogP contribution is -2.04. The van der Waals surface area contributed by atoms with Crippen LogP contribution in [0.5, 0.6) is 0 Å². The number of nitrogens with zero attached hydrogens (tertiary/aromatic N) is 4. The Hall–Kier alpha value is -2.35. The third kappa shape index (κ3) is 2.01. The van der Waals surface area contributed by atoms with Gasteiger partial charge in [0.25, 0.3) is 0 Å². The molecule has 80 valence electrons. The van der Waals surface area contributed by atoms with Gasteiger partial charge in [-0.15, -0.1) is 0 Å². The second-order valence-electron chi connectivity index (χ2n) is 3.28. The first-order chi connectivity index (χ1) is 7.83. The zero-order valence-electron chi connectivity index (χ0n) is 8.88. The maximum atomic E-state index is 8.85. The highest BCUT2D eigenvalue weighted by Gasteiger charge is 2.02. The van der Waals surface area contributed by atoms with Crippen molar-refractivity contribution in [3.05, 3.63) is 42.1 Å². The third-order valence-corrected chi connectivity index (χ3v) is 2.24. The Morgan fingerprint density at radius 1 is 1.44 bits per heavy atom. The number of nitrogens with one attached hydrogen (secondary N) is 1. The molecule has 0 aliphatic rings. The molecule has 5 nitrogen and oxygen atoms in total. The maximum Gasteiger partial charge on any atom is 0.144 e. The summed E-state index contributed by atoms with van der Waals surface area (Å²) in [5, 5.41) is 11.8. The first-order valence-electron chi connectivity index (χ1n) is 4.87. The number of hydrogen-bond acceptors (Lipinski definition) is 4. The monoisotopic (exact) mass is 213 g/mol. The van der Waals surface area contributed by atoms with E-state index in [1.807, 2.05) is 16.8 Å². The quantitative estimate of drug-likeness (QED) is 0.833. The van der Waals surface area contributed by atoms with Gasteiger partial charge in [0.2, 0.25) is 0 Å². The van der Waals surface area contributed by atoms with Crippen LogP contribution in [0.2, 0.25) is 0 Å². The molecule has 2 aromatic heterocycles. The van der Waals surface area contributed by atoms with Crippen molar-refractivity contribution in [2.24, 2.45) is 0 Å². The topological polar surface area (TPSA) is 66.5 Å². The van der Waals surface area contributed by atoms with Gasteiger partial charge in [0.15, 0.2) is 0 Å². The van der Waals surface area contributed by atoms with Gasteiger partial charge in [-0.2, -0.15) is 5.26 Å². The summed E-state index contributed by atoms with van der Waals surface area (Å²) in [7, 11) is 1.80. The third-order valence-electron chi connectivity index (χ3n) is 2.24. The number of anilines is 1. The lowest BCUT2D eigenvalue weighted by Gasteiger charge is -2.04. The van der Waals surface area contributed by atoms with E-state index in [4.69, 9.17) is 5.26 Å². The van der Waals surface area contributed by atoms with Crippen LogP contribution in [0.15, 0.2) is 30.7 Å². The highest BCUT2D eigenvalue weighted by atomic mass is 15.0. The van der Waals surface area contributed by atoms with Crippen LogP contribution in [0.3, 0.4) is 0 Å². The van der Waals surface area contributed by atoms with E-state index in [0.29, 0.717) is 12.2 Å². The molecule has 0 fully saturated rings. The summed E-state index contributed by atoms with van der Waals surface area (Å²) in [6, 6.07) is 5.74. The van der Waals surface area contributed by atoms with Gasteiger partial charge in [-0.1, -0.05) is 0 Å². The van der Waals surface area contributed by atoms with Gasteiger partial charge in [-0.3, -0.25) is 4.98 Å². The summed E-state index contributed by atoms with van der Waals surface area (Å²) >= 11 is 0. The van der Waals surface area contributed by atoms with Gasteiger partial charge in [-0.25, -0.2) is 4.98 Å². The standard InChI is InChI=1S/C11H11N5/c1-13-11-7-14-9(6-15-11)8-16-4-2-3-10(16)5-12/h2-4,6-7H,8H2,1H3,(H,13,15). The first-order valence-corrected chi connectivity index (χ1v) is 4.87. The molecule has 0 unspecified atom stereocenters. The minimum atomic E-state index is 0.562. The SMILES string of the molecule is CNc1cnc(Cn2cccc2C#N)cn1. The maximum absolute atomic E-state index is 8.85. The fraction of sp³-hybridized carbons (Fsp3) is 0.182. The second-order valence-corrected chi connectivity index (χ2v) is 3.28. The summed E-state index contributed by atoms with van der Waals surface area (Å²) in [6.07, 6.45) is 5.23. The van der Waals surface area contributed by atoms with Crippen molar-refractivity contribution in [2.75, 3.05) is 12.4 Å². The molecule has 2 aromatic rings. The van der Waals surface area contributed by atoms with E-state index >= 15 is 0 Å². The molecule has 5 heteroatoms. The summed E-state index contributed by atoms with van der Waals surface area (Å²) in [4.78, 5) is 8.41. The van der Waals surface area contributed by atoms with Crippen molar-refractivity contribution in [2.45, 2.75) is 6.54 Å². The molecule has 0 bridgehead atoms. The molecule has 0 saturated heterocycles. The smallest absolute Gasteiger partial charge is 0.144 e. The van der Waals surface area contributed by atoms with Crippen molar-refractivity contribution >= 4 is 5.82 Å². The summed E-state index contributed by atoms with van der Waals surface area (Å²) < 4.78 is 1.84. The average molecular weight is 213 g/mol. The molecule has 0 aliphatic carbocycles. The molecule has 0 spiro atoms. The van der Waals surface area contributed by atoms with Crippen LogP contribution in [0, 0.1) is 11.3 Å². The van der Waals surface area contributed by atoms with Crippen LogP contribution in [0.25, 0.3) is 0 Å². The van der Waals surface area contributed by atoms with E-state index in [1.54, 1.807) is 25.5 Å². The summed E-state index contributed by atoms with van der Waals surface area (Å²) in [6.45, 7) is 0.562. The molecule has 1 N–H and O–H groups in total. The van der Waals surface area contributed by atoms with E-state index in [1.165, 1.54) is 0 Å². The largest absolute Gasteiger partial charge is 0.372 e. The van der Waals surface area contributed by atoms with Gasteiger partial charge in [0.05, 0.1) is 24.6 Å². The fourth-order valence-corrected chi connectivity index (χ4v) is 1.39. The van der Waals surface area contributed by atoms with Gasteiger partial charge in [0.1, 0.15) is 17.6 Å². The lowest BCUT2D eigenvalue weighted by molar-refractivity contribution is 0.764. The van der Waals surface area contributed by atoms with Gasteiger partial charge in [0, 0.05) is 13.2 Å². The number of hydrogen-bond donors (Lipinski definition) is 1. The second kappa shape index (κ2) is 4.45. The molecule has 16 heavy (non-hydrogen) atoms. The molecule has 2 heterocycles. The van der Waals surface area contributed by atoms with Gasteiger partial charge in [-0.05, 0) is 12.1 Å². The van der Waals surface area contributed by atoms with E-state index in [2.05, 4.69) is 21.4 Å². The Kier molecular flexibility index (Phi) is 2.83. The van der Waals surface area contributed by atoms with Crippen LogP contribution in [0.1, 0.15) is 11.4 Å². The average Bonchev–Trinajstić information content (AvgIpc) is 2.77. The van der Waals surface area contributed by atoms with Crippen LogP contribution in [-0.4, -0.2) is 21.6 Å². The normalized spacial score (nSPS) is 9.75. The van der Waals surface area contributed by atoms with Crippen molar-refractivity contribution in [1.82, 2.24) is 14.5 Å². The Bertz CT molecular complexity index is 506. The Balaban J connectivity index is 2.18. The highest BCUT2D eigenvalue weighted by Crippen LogP contribution is 2.05. The predicted octanol–water partition coefficient (Wildman–Crippen LogP) is 1.24. The lowest BCUT2D eigenvalue weighted by atomic mass is 10.4. The van der Waals surface area contributed by atoms with Gasteiger partial charge < -0.3 is 9.88 Å². The minimum absolute atomic E-state index is 0.562. The van der Waals surface area contributed by atoms with Crippen molar-refractivity contribution in [1.29, 1.82) is 5.26 Å². The van der Waals surface area contributed by atoms with Crippen molar-refractivity contribution < 1.29 is 0 Å². The summed E-state index contributed by atoms with van der Waals surface area (Å²) in [5.74, 6) is 0.733. The molecule has 0 saturated carbocycles. The Morgan fingerprint density at radius 3 is 2.94 bits per heavy atom. The minimum Gasteiger partial charge on any atom is -0.372 e. The van der Waals surface area contributed by atoms with E-state index in [9.17, 15) is 0 Å². The zero-order chi connectivity index (χ0) is 11.4. The van der Waals surface area contributed by atoms with Crippen LogP contribution in [0.4, 0.5) is 5.82 Å². The first kappa shape index (κ1) is 10.2. The summed E-state index contributed by atoms with van der Waals surface area (Å²) in [5.41, 5.74) is 1.45. The highest BCUT2D eigenvalue weighted by molar-refractivity contribution is 5.30. The van der Waals surface area contributed by atoms with E-state index in [-0.39, 0.29) is 0 Å². The molecule has 0 atom stereocenters. The van der Waals surface area contributed by atoms with E-state index < -0.39 is 0 Å². The zero-order valence-corrected chi connectivity index (χ0v) is 8.88. The van der Waals surface area contributed by atoms with Crippen LogP contribution >= 0.6 is 0 Å². The molecular formula is C11H11N5. The predicted molar refractivity (Wildman–Crippen MR) is 59.8 cm³/mol. The number of nitriles is 1. The van der Waals surface area contributed by atoms with Crippen molar-refractivity contribution in [3.63, 3.8) is 0 Å². The Labute approximate surface area is 93.4 Å². The molecule has 2 rings (SSSR count). The van der Waals surface area contributed by atoms with Gasteiger partial charge >= 0.3 is 0 Å². The van der Waals surface area contributed by atoms with E-state index in [0.717, 1.165) is 11.5 Å². The Morgan fingerprint density at radius 2 is 2.31 bits per heavy atom. The van der Waals surface area contributed by atoms with Crippen LogP contribution in [-0.2, 0) is 6.54 Å². The molecule has 0 amide bonds. The van der Waals surface area contributed by atoms with Crippen LogP contribution < -0.4 is 5.32 Å². The molecule has 0 aliphatic heterocycles. The number of aromatic nitrogens is 3. The number of rotatable bonds is 3. The molecule has 0 radical (unpaired) electrons. The fourth-order valence-electron chi connectivity index (χ4n) is 1.39. The molecule has 0 aromatic carbocycles. The molecular weight excluding hydrogens is 202 g/mol.